The summed E-state index contributed by atoms with van der Waals surface area (Å²) in [7, 11) is 1.65. The van der Waals surface area contributed by atoms with Gasteiger partial charge in [0.25, 0.3) is 0 Å². The van der Waals surface area contributed by atoms with Gasteiger partial charge in [-0.1, -0.05) is 33.8 Å². The van der Waals surface area contributed by atoms with E-state index in [-0.39, 0.29) is 17.9 Å². The molecule has 9 heteroatoms. The summed E-state index contributed by atoms with van der Waals surface area (Å²) in [6, 6.07) is 8.45. The summed E-state index contributed by atoms with van der Waals surface area (Å²) in [4.78, 5) is 25.0. The first-order valence-electron chi connectivity index (χ1n) is 13.1. The fraction of sp³-hybridized carbons (Fsp3) is 0.464. The van der Waals surface area contributed by atoms with Gasteiger partial charge in [0.1, 0.15) is 12.4 Å². The molecule has 9 nitrogen and oxygen atoms in total. The number of carbonyl (C=O) groups is 1. The summed E-state index contributed by atoms with van der Waals surface area (Å²) in [6.45, 7) is 12.5. The summed E-state index contributed by atoms with van der Waals surface area (Å²) in [5, 5.41) is 5.49. The number of benzene rings is 1. The lowest BCUT2D eigenvalue weighted by Crippen LogP contribution is -2.46. The maximum Gasteiger partial charge on any atom is 0.236 e. The molecule has 1 aliphatic rings. The molecule has 3 aromatic heterocycles. The van der Waals surface area contributed by atoms with E-state index in [2.05, 4.69) is 65.9 Å². The number of aromatic amines is 1. The Morgan fingerprint density at radius 2 is 2.08 bits per heavy atom. The molecule has 4 heterocycles. The zero-order valence-electron chi connectivity index (χ0n) is 22.3. The average Bonchev–Trinajstić information content (AvgIpc) is 3.55. The molecular weight excluding hydrogens is 468 g/mol. The lowest BCUT2D eigenvalue weighted by atomic mass is 9.95. The van der Waals surface area contributed by atoms with Crippen molar-refractivity contribution < 1.29 is 14.3 Å². The van der Waals surface area contributed by atoms with E-state index in [1.54, 1.807) is 11.6 Å². The highest BCUT2D eigenvalue weighted by molar-refractivity contribution is 5.92. The van der Waals surface area contributed by atoms with E-state index in [0.717, 1.165) is 40.8 Å². The smallest absolute Gasteiger partial charge is 0.236 e. The SMILES string of the molecule is CCN(CC)CC(=O)N1CCOC(c2ccc3[nH]c(-c4cc(OC)c5ncnn5c4)c(C(C)C)c3c2)C1. The van der Waals surface area contributed by atoms with E-state index in [1.165, 1.54) is 11.9 Å². The first kappa shape index (κ1) is 25.2. The molecule has 0 spiro atoms. The number of H-pyrrole nitrogens is 1. The Bertz CT molecular complexity index is 1400. The number of nitrogens with one attached hydrogen (secondary N) is 1. The third-order valence-electron chi connectivity index (χ3n) is 7.33. The second-order valence-electron chi connectivity index (χ2n) is 9.86. The number of methoxy groups -OCH3 is 1. The van der Waals surface area contributed by atoms with Gasteiger partial charge in [-0.3, -0.25) is 9.69 Å². The van der Waals surface area contributed by atoms with Gasteiger partial charge in [0.05, 0.1) is 32.5 Å². The summed E-state index contributed by atoms with van der Waals surface area (Å²) >= 11 is 0. The fourth-order valence-corrected chi connectivity index (χ4v) is 5.26. The fourth-order valence-electron chi connectivity index (χ4n) is 5.26. The highest BCUT2D eigenvalue weighted by Gasteiger charge is 2.27. The number of hydrogen-bond acceptors (Lipinski definition) is 6. The topological polar surface area (TPSA) is 88.0 Å². The quantitative estimate of drug-likeness (QED) is 0.386. The van der Waals surface area contributed by atoms with Crippen LogP contribution in [0.5, 0.6) is 5.75 Å². The number of pyridine rings is 1. The van der Waals surface area contributed by atoms with Gasteiger partial charge >= 0.3 is 0 Å². The van der Waals surface area contributed by atoms with Crippen molar-refractivity contribution in [2.75, 3.05) is 46.4 Å². The number of nitrogens with zero attached hydrogens (tertiary/aromatic N) is 5. The van der Waals surface area contributed by atoms with Crippen LogP contribution in [0.4, 0.5) is 0 Å². The van der Waals surface area contributed by atoms with Gasteiger partial charge < -0.3 is 19.4 Å². The van der Waals surface area contributed by atoms with Gasteiger partial charge in [-0.15, -0.1) is 0 Å². The van der Waals surface area contributed by atoms with Crippen LogP contribution in [-0.2, 0) is 9.53 Å². The molecular formula is C28H36N6O3. The van der Waals surface area contributed by atoms with Crippen LogP contribution in [0.15, 0.2) is 36.8 Å². The summed E-state index contributed by atoms with van der Waals surface area (Å²) in [5.41, 5.74) is 6.08. The number of fused-ring (bicyclic) bond motifs is 2. The second-order valence-corrected chi connectivity index (χ2v) is 9.86. The van der Waals surface area contributed by atoms with Crippen molar-refractivity contribution in [1.29, 1.82) is 0 Å². The van der Waals surface area contributed by atoms with Gasteiger partial charge in [-0.2, -0.15) is 5.10 Å². The van der Waals surface area contributed by atoms with Crippen LogP contribution in [0.1, 0.15) is 50.8 Å². The first-order chi connectivity index (χ1) is 17.9. The van der Waals surface area contributed by atoms with Gasteiger partial charge in [-0.25, -0.2) is 9.50 Å². The van der Waals surface area contributed by atoms with E-state index < -0.39 is 0 Å². The number of amides is 1. The Labute approximate surface area is 217 Å². The molecule has 1 atom stereocenters. The minimum Gasteiger partial charge on any atom is -0.493 e. The zero-order chi connectivity index (χ0) is 26.1. The van der Waals surface area contributed by atoms with Crippen molar-refractivity contribution in [2.45, 2.75) is 39.7 Å². The average molecular weight is 505 g/mol. The molecule has 1 aromatic carbocycles. The minimum atomic E-state index is -0.149. The third-order valence-corrected chi connectivity index (χ3v) is 7.33. The van der Waals surface area contributed by atoms with E-state index in [0.29, 0.717) is 37.6 Å². The Morgan fingerprint density at radius 1 is 1.27 bits per heavy atom. The molecule has 1 unspecified atom stereocenters. The Balaban J connectivity index is 1.49. The predicted octanol–water partition coefficient (Wildman–Crippen LogP) is 4.25. The molecule has 0 bridgehead atoms. The van der Waals surface area contributed by atoms with E-state index in [9.17, 15) is 4.79 Å². The first-order valence-corrected chi connectivity index (χ1v) is 13.1. The van der Waals surface area contributed by atoms with E-state index in [1.807, 2.05) is 17.2 Å². The summed E-state index contributed by atoms with van der Waals surface area (Å²) in [5.74, 6) is 1.12. The van der Waals surface area contributed by atoms with Crippen molar-refractivity contribution in [2.24, 2.45) is 0 Å². The molecule has 1 amide bonds. The van der Waals surface area contributed by atoms with Crippen molar-refractivity contribution in [3.8, 4) is 17.0 Å². The monoisotopic (exact) mass is 504 g/mol. The molecule has 5 rings (SSSR count). The number of morpholine rings is 1. The molecule has 1 aliphatic heterocycles. The van der Waals surface area contributed by atoms with Crippen molar-refractivity contribution in [3.63, 3.8) is 0 Å². The van der Waals surface area contributed by atoms with Gasteiger partial charge in [0.2, 0.25) is 5.91 Å². The number of carbonyl (C=O) groups excluding carboxylic acids is 1. The number of likely N-dealkylation sites (N-methyl/N-ethyl adjacent to an activating group) is 1. The van der Waals surface area contributed by atoms with Crippen LogP contribution < -0.4 is 4.74 Å². The van der Waals surface area contributed by atoms with Crippen molar-refractivity contribution in [1.82, 2.24) is 29.4 Å². The minimum absolute atomic E-state index is 0.149. The van der Waals surface area contributed by atoms with Crippen LogP contribution in [0, 0.1) is 0 Å². The van der Waals surface area contributed by atoms with E-state index in [4.69, 9.17) is 9.47 Å². The summed E-state index contributed by atoms with van der Waals surface area (Å²) < 4.78 is 13.5. The lowest BCUT2D eigenvalue weighted by molar-refractivity contribution is -0.140. The highest BCUT2D eigenvalue weighted by Crippen LogP contribution is 2.38. The molecule has 4 aromatic rings. The number of rotatable bonds is 8. The summed E-state index contributed by atoms with van der Waals surface area (Å²) in [6.07, 6.45) is 3.36. The lowest BCUT2D eigenvalue weighted by Gasteiger charge is -2.34. The van der Waals surface area contributed by atoms with Crippen LogP contribution in [0.3, 0.4) is 0 Å². The zero-order valence-corrected chi connectivity index (χ0v) is 22.3. The third kappa shape index (κ3) is 4.81. The van der Waals surface area contributed by atoms with Gasteiger partial charge in [0.15, 0.2) is 11.4 Å². The normalized spacial score (nSPS) is 16.4. The Morgan fingerprint density at radius 3 is 2.81 bits per heavy atom. The van der Waals surface area contributed by atoms with Crippen molar-refractivity contribution >= 4 is 22.5 Å². The van der Waals surface area contributed by atoms with Gasteiger partial charge in [0, 0.05) is 29.2 Å². The molecule has 1 fully saturated rings. The molecule has 1 saturated heterocycles. The standard InChI is InChI=1S/C28H36N6O3/c1-6-32(7-2)16-25(35)33-10-11-37-24(15-33)19-8-9-22-21(12-19)26(18(3)4)27(31-22)20-13-23(36-5)28-29-17-30-34(28)14-20/h8-9,12-14,17-18,24,31H,6-7,10-11,15-16H2,1-5H3. The molecule has 0 radical (unpaired) electrons. The Hall–Kier alpha value is -3.43. The van der Waals surface area contributed by atoms with Crippen LogP contribution >= 0.6 is 0 Å². The molecule has 1 N–H and O–H groups in total. The molecule has 0 saturated carbocycles. The van der Waals surface area contributed by atoms with Crippen molar-refractivity contribution in [3.05, 3.63) is 47.9 Å². The molecule has 196 valence electrons. The van der Waals surface area contributed by atoms with Gasteiger partial charge in [-0.05, 0) is 48.3 Å². The number of ether oxygens (including phenoxy) is 2. The molecule has 37 heavy (non-hydrogen) atoms. The van der Waals surface area contributed by atoms with Crippen LogP contribution in [-0.4, -0.2) is 81.7 Å². The molecule has 0 aliphatic carbocycles. The van der Waals surface area contributed by atoms with E-state index >= 15 is 0 Å². The predicted molar refractivity (Wildman–Crippen MR) is 144 cm³/mol. The number of aromatic nitrogens is 4. The largest absolute Gasteiger partial charge is 0.493 e. The maximum absolute atomic E-state index is 12.9. The Kier molecular flexibility index (Phi) is 7.17. The van der Waals surface area contributed by atoms with Crippen LogP contribution in [0.2, 0.25) is 0 Å². The maximum atomic E-state index is 12.9. The number of hydrogen-bond donors (Lipinski definition) is 1. The highest BCUT2D eigenvalue weighted by atomic mass is 16.5. The van der Waals surface area contributed by atoms with Crippen LogP contribution in [0.25, 0.3) is 27.8 Å². The second kappa shape index (κ2) is 10.5.